The molecule has 1 atom stereocenters. The zero-order chi connectivity index (χ0) is 17.0. The number of likely N-dealkylation sites (N-methyl/N-ethyl adjacent to an activating group) is 1. The number of nitrogens with zero attached hydrogens (tertiary/aromatic N) is 2. The van der Waals surface area contributed by atoms with E-state index in [2.05, 4.69) is 5.32 Å². The van der Waals surface area contributed by atoms with E-state index in [1.54, 1.807) is 18.0 Å². The minimum atomic E-state index is -0.501. The van der Waals surface area contributed by atoms with Crippen LogP contribution in [0.1, 0.15) is 5.56 Å². The highest BCUT2D eigenvalue weighted by Gasteiger charge is 2.28. The van der Waals surface area contributed by atoms with E-state index in [9.17, 15) is 14.0 Å². The smallest absolute Gasteiger partial charge is 0.227 e. The maximum atomic E-state index is 13.2. The molecule has 1 aromatic rings. The number of benzene rings is 1. The molecule has 1 unspecified atom stereocenters. The molecule has 0 saturated carbocycles. The Morgan fingerprint density at radius 3 is 2.74 bits per heavy atom. The Bertz CT molecular complexity index is 597. The normalized spacial score (nSPS) is 19.3. The quantitative estimate of drug-likeness (QED) is 0.897. The summed E-state index contributed by atoms with van der Waals surface area (Å²) in [5.41, 5.74) is 0.662. The van der Waals surface area contributed by atoms with Crippen molar-refractivity contribution in [3.05, 3.63) is 34.6 Å². The van der Waals surface area contributed by atoms with Gasteiger partial charge >= 0.3 is 0 Å². The van der Waals surface area contributed by atoms with E-state index in [4.69, 9.17) is 11.6 Å². The molecule has 5 nitrogen and oxygen atoms in total. The number of nitrogens with one attached hydrogen (secondary N) is 1. The third-order valence-corrected chi connectivity index (χ3v) is 4.32. The van der Waals surface area contributed by atoms with Crippen molar-refractivity contribution in [2.24, 2.45) is 5.92 Å². The van der Waals surface area contributed by atoms with Crippen molar-refractivity contribution in [3.63, 3.8) is 0 Å². The van der Waals surface area contributed by atoms with Crippen LogP contribution in [-0.2, 0) is 16.0 Å². The van der Waals surface area contributed by atoms with Crippen molar-refractivity contribution in [2.45, 2.75) is 6.42 Å². The maximum absolute atomic E-state index is 13.2. The monoisotopic (exact) mass is 341 g/mol. The van der Waals surface area contributed by atoms with Gasteiger partial charge in [0, 0.05) is 33.2 Å². The highest BCUT2D eigenvalue weighted by atomic mass is 35.5. The summed E-state index contributed by atoms with van der Waals surface area (Å²) in [6, 6.07) is 4.28. The summed E-state index contributed by atoms with van der Waals surface area (Å²) in [7, 11) is 3.53. The van der Waals surface area contributed by atoms with Crippen molar-refractivity contribution in [1.29, 1.82) is 0 Å². The molecule has 1 aliphatic heterocycles. The number of hydrogen-bond acceptors (Lipinski definition) is 3. The molecule has 0 aliphatic carbocycles. The van der Waals surface area contributed by atoms with Gasteiger partial charge in [0.05, 0.1) is 17.4 Å². The minimum absolute atomic E-state index is 0.00846. The zero-order valence-corrected chi connectivity index (χ0v) is 14.1. The van der Waals surface area contributed by atoms with Gasteiger partial charge in [0.2, 0.25) is 11.8 Å². The standard InChI is InChI=1S/C16H21ClFN3O2/c1-19-16(23)12-9-20(2)5-6-21(10-12)15(22)8-11-3-4-14(18)13(17)7-11/h3-4,7,12H,5-6,8-10H2,1-2H3,(H,19,23). The average Bonchev–Trinajstić information content (AvgIpc) is 2.72. The van der Waals surface area contributed by atoms with Crippen molar-refractivity contribution < 1.29 is 14.0 Å². The van der Waals surface area contributed by atoms with E-state index in [1.165, 1.54) is 12.1 Å². The molecule has 7 heteroatoms. The summed E-state index contributed by atoms with van der Waals surface area (Å²) < 4.78 is 13.2. The average molecular weight is 342 g/mol. The Morgan fingerprint density at radius 1 is 1.35 bits per heavy atom. The van der Waals surface area contributed by atoms with Crippen molar-refractivity contribution in [3.8, 4) is 0 Å². The molecule has 0 spiro atoms. The molecular weight excluding hydrogens is 321 g/mol. The van der Waals surface area contributed by atoms with Crippen molar-refractivity contribution in [1.82, 2.24) is 15.1 Å². The van der Waals surface area contributed by atoms with Gasteiger partial charge in [-0.3, -0.25) is 9.59 Å². The Kier molecular flexibility index (Phi) is 5.96. The summed E-state index contributed by atoms with van der Waals surface area (Å²) in [6.07, 6.45) is 0.143. The van der Waals surface area contributed by atoms with Gasteiger partial charge in [0.1, 0.15) is 5.82 Å². The van der Waals surface area contributed by atoms with Crippen LogP contribution in [0.25, 0.3) is 0 Å². The van der Waals surface area contributed by atoms with Crippen LogP contribution in [0.3, 0.4) is 0 Å². The molecule has 23 heavy (non-hydrogen) atoms. The van der Waals surface area contributed by atoms with Crippen LogP contribution in [0.15, 0.2) is 18.2 Å². The molecule has 2 amide bonds. The van der Waals surface area contributed by atoms with Crippen LogP contribution >= 0.6 is 11.6 Å². The largest absolute Gasteiger partial charge is 0.359 e. The first-order chi connectivity index (χ1) is 10.9. The summed E-state index contributed by atoms with van der Waals surface area (Å²) in [4.78, 5) is 28.2. The minimum Gasteiger partial charge on any atom is -0.359 e. The Labute approximate surface area is 140 Å². The van der Waals surface area contributed by atoms with Gasteiger partial charge in [0.15, 0.2) is 0 Å². The summed E-state index contributed by atoms with van der Waals surface area (Å²) in [5.74, 6) is -0.912. The molecule has 0 bridgehead atoms. The van der Waals surface area contributed by atoms with Gasteiger partial charge in [0.25, 0.3) is 0 Å². The third kappa shape index (κ3) is 4.65. The predicted octanol–water partition coefficient (Wildman–Crippen LogP) is 1.16. The van der Waals surface area contributed by atoms with Crippen LogP contribution in [0.5, 0.6) is 0 Å². The Balaban J connectivity index is 2.07. The van der Waals surface area contributed by atoms with Gasteiger partial charge in [-0.25, -0.2) is 4.39 Å². The molecule has 2 rings (SSSR count). The second-order valence-electron chi connectivity index (χ2n) is 5.84. The lowest BCUT2D eigenvalue weighted by atomic mass is 10.1. The lowest BCUT2D eigenvalue weighted by Crippen LogP contribution is -2.41. The number of hydrogen-bond donors (Lipinski definition) is 1. The van der Waals surface area contributed by atoms with Gasteiger partial charge < -0.3 is 15.1 Å². The van der Waals surface area contributed by atoms with E-state index < -0.39 is 5.82 Å². The van der Waals surface area contributed by atoms with E-state index in [0.717, 1.165) is 0 Å². The molecule has 1 N–H and O–H groups in total. The van der Waals surface area contributed by atoms with Gasteiger partial charge in [-0.1, -0.05) is 17.7 Å². The maximum Gasteiger partial charge on any atom is 0.227 e. The number of carbonyl (C=O) groups is 2. The molecule has 1 aliphatic rings. The van der Waals surface area contributed by atoms with Gasteiger partial charge in [-0.2, -0.15) is 0 Å². The fourth-order valence-electron chi connectivity index (χ4n) is 2.71. The summed E-state index contributed by atoms with van der Waals surface area (Å²) in [5, 5.41) is 2.65. The fraction of sp³-hybridized carbons (Fsp3) is 0.500. The first-order valence-corrected chi connectivity index (χ1v) is 7.90. The number of rotatable bonds is 3. The molecule has 1 aromatic carbocycles. The zero-order valence-electron chi connectivity index (χ0n) is 13.3. The second kappa shape index (κ2) is 7.75. The lowest BCUT2D eigenvalue weighted by molar-refractivity contribution is -0.132. The van der Waals surface area contributed by atoms with Crippen LogP contribution in [0.2, 0.25) is 5.02 Å². The number of amides is 2. The van der Waals surface area contributed by atoms with Gasteiger partial charge in [-0.05, 0) is 24.7 Å². The number of carbonyl (C=O) groups excluding carboxylic acids is 2. The lowest BCUT2D eigenvalue weighted by Gasteiger charge is -2.23. The first-order valence-electron chi connectivity index (χ1n) is 7.52. The highest BCUT2D eigenvalue weighted by Crippen LogP contribution is 2.17. The molecule has 0 radical (unpaired) electrons. The molecule has 126 valence electrons. The SMILES string of the molecule is CNC(=O)C1CN(C)CCN(C(=O)Cc2ccc(F)c(Cl)c2)C1. The van der Waals surface area contributed by atoms with Crippen molar-refractivity contribution >= 4 is 23.4 Å². The van der Waals surface area contributed by atoms with Crippen LogP contribution in [-0.4, -0.2) is 61.9 Å². The van der Waals surface area contributed by atoms with E-state index >= 15 is 0 Å². The molecule has 0 aromatic heterocycles. The van der Waals surface area contributed by atoms with Crippen molar-refractivity contribution in [2.75, 3.05) is 40.3 Å². The van der Waals surface area contributed by atoms with E-state index in [0.29, 0.717) is 31.7 Å². The molecule has 1 fully saturated rings. The van der Waals surface area contributed by atoms with Crippen LogP contribution in [0, 0.1) is 11.7 Å². The highest BCUT2D eigenvalue weighted by molar-refractivity contribution is 6.30. The van der Waals surface area contributed by atoms with Crippen LogP contribution < -0.4 is 5.32 Å². The van der Waals surface area contributed by atoms with E-state index in [1.807, 2.05) is 11.9 Å². The summed E-state index contributed by atoms with van der Waals surface area (Å²) >= 11 is 5.75. The molecule has 1 heterocycles. The second-order valence-corrected chi connectivity index (χ2v) is 6.25. The molecule has 1 saturated heterocycles. The summed E-state index contributed by atoms with van der Waals surface area (Å²) in [6.45, 7) is 2.28. The van der Waals surface area contributed by atoms with E-state index in [-0.39, 0.29) is 29.2 Å². The Hall–Kier alpha value is -1.66. The van der Waals surface area contributed by atoms with Crippen LogP contribution in [0.4, 0.5) is 4.39 Å². The fourth-order valence-corrected chi connectivity index (χ4v) is 2.91. The third-order valence-electron chi connectivity index (χ3n) is 4.03. The Morgan fingerprint density at radius 2 is 2.09 bits per heavy atom. The number of halogens is 2. The molecular formula is C16H21ClFN3O2. The van der Waals surface area contributed by atoms with Gasteiger partial charge in [-0.15, -0.1) is 0 Å². The topological polar surface area (TPSA) is 52.7 Å². The predicted molar refractivity (Wildman–Crippen MR) is 86.7 cm³/mol. The first kappa shape index (κ1) is 17.7.